The highest BCUT2D eigenvalue weighted by Gasteiger charge is 2.08. The van der Waals surface area contributed by atoms with E-state index in [0.29, 0.717) is 17.8 Å². The Morgan fingerprint density at radius 1 is 1.22 bits per heavy atom. The normalized spacial score (nSPS) is 10.4. The Kier molecular flexibility index (Phi) is 4.06. The van der Waals surface area contributed by atoms with Gasteiger partial charge >= 0.3 is 0 Å². The molecular weight excluding hydrogens is 342 g/mol. The Labute approximate surface area is 120 Å². The summed E-state index contributed by atoms with van der Waals surface area (Å²) >= 11 is 2.22. The fourth-order valence-electron chi connectivity index (χ4n) is 1.84. The van der Waals surface area contributed by atoms with Gasteiger partial charge in [-0.2, -0.15) is 0 Å². The molecule has 2 aromatic carbocycles. The van der Waals surface area contributed by atoms with Crippen LogP contribution in [0.5, 0.6) is 0 Å². The van der Waals surface area contributed by atoms with Gasteiger partial charge in [-0.15, -0.1) is 0 Å². The number of nitrogens with zero attached hydrogens (tertiary/aromatic N) is 1. The second-order valence-electron chi connectivity index (χ2n) is 4.15. The number of hydrogen-bond acceptors (Lipinski definition) is 2. The van der Waals surface area contributed by atoms with Crippen molar-refractivity contribution in [1.82, 2.24) is 0 Å². The van der Waals surface area contributed by atoms with Gasteiger partial charge in [0.25, 0.3) is 0 Å². The van der Waals surface area contributed by atoms with Crippen LogP contribution in [-0.2, 0) is 6.54 Å². The Balaban J connectivity index is 2.22. The molecule has 0 fully saturated rings. The zero-order chi connectivity index (χ0) is 13.1. The van der Waals surface area contributed by atoms with Crippen LogP contribution in [0, 0.1) is 9.39 Å². The van der Waals surface area contributed by atoms with Gasteiger partial charge in [-0.05, 0) is 46.9 Å². The molecule has 2 nitrogen and oxygen atoms in total. The molecule has 94 valence electrons. The van der Waals surface area contributed by atoms with Crippen LogP contribution in [0.4, 0.5) is 15.8 Å². The van der Waals surface area contributed by atoms with Gasteiger partial charge in [-0.25, -0.2) is 4.39 Å². The summed E-state index contributed by atoms with van der Waals surface area (Å²) in [6, 6.07) is 12.6. The summed E-state index contributed by atoms with van der Waals surface area (Å²) in [5, 5.41) is 0. The first-order valence-electron chi connectivity index (χ1n) is 5.57. The molecule has 4 heteroatoms. The molecule has 18 heavy (non-hydrogen) atoms. The van der Waals surface area contributed by atoms with Gasteiger partial charge < -0.3 is 10.6 Å². The smallest absolute Gasteiger partial charge is 0.128 e. The third-order valence-electron chi connectivity index (χ3n) is 2.77. The fraction of sp³-hybridized carbons (Fsp3) is 0.143. The predicted molar refractivity (Wildman–Crippen MR) is 82.1 cm³/mol. The molecule has 0 unspecified atom stereocenters. The van der Waals surface area contributed by atoms with Crippen LogP contribution < -0.4 is 10.6 Å². The van der Waals surface area contributed by atoms with Crippen LogP contribution in [0.2, 0.25) is 0 Å². The van der Waals surface area contributed by atoms with E-state index < -0.39 is 0 Å². The van der Waals surface area contributed by atoms with E-state index in [4.69, 9.17) is 5.73 Å². The molecule has 0 aliphatic rings. The lowest BCUT2D eigenvalue weighted by molar-refractivity contribution is 0.608. The van der Waals surface area contributed by atoms with Crippen molar-refractivity contribution in [2.24, 2.45) is 0 Å². The quantitative estimate of drug-likeness (QED) is 0.672. The first kappa shape index (κ1) is 13.1. The number of benzene rings is 2. The molecule has 2 N–H and O–H groups in total. The number of nitrogen functional groups attached to an aromatic ring is 1. The van der Waals surface area contributed by atoms with Crippen molar-refractivity contribution in [1.29, 1.82) is 0 Å². The number of anilines is 2. The van der Waals surface area contributed by atoms with Crippen molar-refractivity contribution >= 4 is 34.0 Å². The summed E-state index contributed by atoms with van der Waals surface area (Å²) in [5.41, 5.74) is 8.26. The summed E-state index contributed by atoms with van der Waals surface area (Å²) in [7, 11) is 1.91. The molecule has 0 bridgehead atoms. The molecule has 0 saturated carbocycles. The van der Waals surface area contributed by atoms with E-state index in [9.17, 15) is 4.39 Å². The topological polar surface area (TPSA) is 29.3 Å². The Morgan fingerprint density at radius 2 is 1.94 bits per heavy atom. The maximum Gasteiger partial charge on any atom is 0.128 e. The summed E-state index contributed by atoms with van der Waals surface area (Å²) in [6.07, 6.45) is 0. The van der Waals surface area contributed by atoms with Gasteiger partial charge in [-0.1, -0.05) is 18.2 Å². The van der Waals surface area contributed by atoms with Crippen LogP contribution >= 0.6 is 22.6 Å². The highest BCUT2D eigenvalue weighted by Crippen LogP contribution is 2.25. The number of hydrogen-bond donors (Lipinski definition) is 1. The van der Waals surface area contributed by atoms with E-state index >= 15 is 0 Å². The highest BCUT2D eigenvalue weighted by atomic mass is 127. The molecule has 0 atom stereocenters. The van der Waals surface area contributed by atoms with Gasteiger partial charge in [0.05, 0.1) is 11.4 Å². The van der Waals surface area contributed by atoms with Gasteiger partial charge in [0, 0.05) is 22.7 Å². The minimum atomic E-state index is -0.187. The monoisotopic (exact) mass is 356 g/mol. The van der Waals surface area contributed by atoms with Gasteiger partial charge in [0.1, 0.15) is 5.82 Å². The van der Waals surface area contributed by atoms with E-state index in [1.54, 1.807) is 12.1 Å². The summed E-state index contributed by atoms with van der Waals surface area (Å²) in [6.45, 7) is 0.497. The maximum atomic E-state index is 13.6. The van der Waals surface area contributed by atoms with Crippen molar-refractivity contribution < 1.29 is 4.39 Å². The van der Waals surface area contributed by atoms with Crippen LogP contribution in [0.1, 0.15) is 5.56 Å². The largest absolute Gasteiger partial charge is 0.397 e. The molecule has 0 aliphatic heterocycles. The Bertz CT molecular complexity index is 557. The first-order valence-corrected chi connectivity index (χ1v) is 6.65. The predicted octanol–water partition coefficient (Wildman–Crippen LogP) is 3.65. The van der Waals surface area contributed by atoms with E-state index in [1.165, 1.54) is 6.07 Å². The minimum Gasteiger partial charge on any atom is -0.397 e. The molecular formula is C14H14FIN2. The third-order valence-corrected chi connectivity index (χ3v) is 3.44. The molecule has 0 heterocycles. The average molecular weight is 356 g/mol. The van der Waals surface area contributed by atoms with E-state index in [-0.39, 0.29) is 5.82 Å². The second-order valence-corrected chi connectivity index (χ2v) is 5.40. The van der Waals surface area contributed by atoms with Crippen molar-refractivity contribution in [3.8, 4) is 0 Å². The van der Waals surface area contributed by atoms with Crippen LogP contribution in [-0.4, -0.2) is 7.05 Å². The van der Waals surface area contributed by atoms with Crippen molar-refractivity contribution in [3.05, 3.63) is 57.4 Å². The zero-order valence-corrected chi connectivity index (χ0v) is 12.2. The minimum absolute atomic E-state index is 0.187. The second kappa shape index (κ2) is 5.56. The Hall–Kier alpha value is -1.30. The molecule has 0 saturated heterocycles. The molecule has 2 aromatic rings. The lowest BCUT2D eigenvalue weighted by atomic mass is 10.2. The zero-order valence-electron chi connectivity index (χ0n) is 10.0. The van der Waals surface area contributed by atoms with E-state index in [2.05, 4.69) is 22.6 Å². The number of nitrogens with two attached hydrogens (primary N) is 1. The van der Waals surface area contributed by atoms with Gasteiger partial charge in [0.15, 0.2) is 0 Å². The van der Waals surface area contributed by atoms with Crippen molar-refractivity contribution in [2.45, 2.75) is 6.54 Å². The summed E-state index contributed by atoms with van der Waals surface area (Å²) in [4.78, 5) is 1.95. The van der Waals surface area contributed by atoms with Crippen LogP contribution in [0.25, 0.3) is 0 Å². The lowest BCUT2D eigenvalue weighted by Crippen LogP contribution is -2.18. The van der Waals surface area contributed by atoms with Crippen molar-refractivity contribution in [3.63, 3.8) is 0 Å². The first-order chi connectivity index (χ1) is 8.58. The number of rotatable bonds is 3. The SMILES string of the molecule is CN(Cc1ccccc1F)c1ccc(I)cc1N. The molecule has 0 spiro atoms. The average Bonchev–Trinajstić information content (AvgIpc) is 2.32. The van der Waals surface area contributed by atoms with Gasteiger partial charge in [0.2, 0.25) is 0 Å². The summed E-state index contributed by atoms with van der Waals surface area (Å²) in [5.74, 6) is -0.187. The third kappa shape index (κ3) is 2.93. The van der Waals surface area contributed by atoms with E-state index in [1.807, 2.05) is 36.2 Å². The van der Waals surface area contributed by atoms with Crippen molar-refractivity contribution in [2.75, 3.05) is 17.7 Å². The Morgan fingerprint density at radius 3 is 2.61 bits per heavy atom. The molecule has 0 amide bonds. The number of halogens is 2. The highest BCUT2D eigenvalue weighted by molar-refractivity contribution is 14.1. The fourth-order valence-corrected chi connectivity index (χ4v) is 2.36. The molecule has 0 aromatic heterocycles. The van der Waals surface area contributed by atoms with E-state index in [0.717, 1.165) is 9.26 Å². The maximum absolute atomic E-state index is 13.6. The summed E-state index contributed by atoms with van der Waals surface area (Å²) < 4.78 is 14.7. The van der Waals surface area contributed by atoms with Gasteiger partial charge in [-0.3, -0.25) is 0 Å². The molecule has 0 radical (unpaired) electrons. The van der Waals surface area contributed by atoms with Crippen LogP contribution in [0.3, 0.4) is 0 Å². The molecule has 2 rings (SSSR count). The standard InChI is InChI=1S/C14H14FIN2/c1-18(9-10-4-2-3-5-12(10)15)14-7-6-11(16)8-13(14)17/h2-8H,9,17H2,1H3. The molecule has 0 aliphatic carbocycles. The lowest BCUT2D eigenvalue weighted by Gasteiger charge is -2.21. The van der Waals surface area contributed by atoms with Crippen LogP contribution in [0.15, 0.2) is 42.5 Å².